The highest BCUT2D eigenvalue weighted by Crippen LogP contribution is 2.31. The highest BCUT2D eigenvalue weighted by molar-refractivity contribution is 6.39. The Morgan fingerprint density at radius 2 is 1.70 bits per heavy atom. The second-order valence-electron chi connectivity index (χ2n) is 8.41. The number of hydrogen-bond acceptors (Lipinski definition) is 6. The third-order valence-corrected chi connectivity index (χ3v) is 5.78. The number of nitrogens with zero attached hydrogens (tertiary/aromatic N) is 1. The molecule has 0 saturated carbocycles. The first-order valence-corrected chi connectivity index (χ1v) is 11.9. The van der Waals surface area contributed by atoms with Crippen LogP contribution in [0.4, 0.5) is 10.5 Å². The van der Waals surface area contributed by atoms with E-state index in [0.29, 0.717) is 27.8 Å². The maximum absolute atomic E-state index is 13.2. The third kappa shape index (κ3) is 5.92. The molecule has 0 radical (unpaired) electrons. The van der Waals surface area contributed by atoms with Gasteiger partial charge in [0.25, 0.3) is 11.8 Å². The molecule has 1 N–H and O–H groups in total. The van der Waals surface area contributed by atoms with Crippen molar-refractivity contribution in [2.45, 2.75) is 26.6 Å². The van der Waals surface area contributed by atoms with Crippen molar-refractivity contribution < 1.29 is 28.6 Å². The van der Waals surface area contributed by atoms with Crippen molar-refractivity contribution in [2.24, 2.45) is 0 Å². The van der Waals surface area contributed by atoms with Crippen LogP contribution >= 0.6 is 11.6 Å². The Morgan fingerprint density at radius 1 is 0.973 bits per heavy atom. The lowest BCUT2D eigenvalue weighted by Crippen LogP contribution is -2.54. The highest BCUT2D eigenvalue weighted by atomic mass is 35.5. The number of carbonyl (C=O) groups is 3. The molecule has 1 aliphatic rings. The molecule has 190 valence electrons. The number of nitrogens with one attached hydrogen (secondary N) is 1. The predicted molar refractivity (Wildman–Crippen MR) is 140 cm³/mol. The van der Waals surface area contributed by atoms with Gasteiger partial charge in [-0.1, -0.05) is 35.9 Å². The fourth-order valence-corrected chi connectivity index (χ4v) is 3.84. The van der Waals surface area contributed by atoms with Gasteiger partial charge in [-0.25, -0.2) is 9.69 Å². The SMILES string of the molecule is COc1cc(/C=C2\C(=O)NC(=O)N(c3ccc(OCc4ccccc4Cl)cc3)C2=O)ccc1OC(C)C. The molecule has 0 spiro atoms. The number of carbonyl (C=O) groups excluding carboxylic acids is 3. The second-order valence-corrected chi connectivity index (χ2v) is 8.82. The van der Waals surface area contributed by atoms with Gasteiger partial charge in [0.2, 0.25) is 0 Å². The van der Waals surface area contributed by atoms with E-state index in [0.717, 1.165) is 10.5 Å². The van der Waals surface area contributed by atoms with E-state index in [9.17, 15) is 14.4 Å². The smallest absolute Gasteiger partial charge is 0.335 e. The summed E-state index contributed by atoms with van der Waals surface area (Å²) >= 11 is 6.16. The number of amides is 4. The monoisotopic (exact) mass is 520 g/mol. The fraction of sp³-hybridized carbons (Fsp3) is 0.179. The summed E-state index contributed by atoms with van der Waals surface area (Å²) in [5, 5.41) is 2.82. The predicted octanol–water partition coefficient (Wildman–Crippen LogP) is 5.38. The van der Waals surface area contributed by atoms with Gasteiger partial charge < -0.3 is 14.2 Å². The molecule has 3 aromatic carbocycles. The van der Waals surface area contributed by atoms with Crippen molar-refractivity contribution in [2.75, 3.05) is 12.0 Å². The molecule has 0 aliphatic carbocycles. The Hall–Kier alpha value is -4.30. The van der Waals surface area contributed by atoms with Gasteiger partial charge in [-0.2, -0.15) is 0 Å². The average Bonchev–Trinajstić information content (AvgIpc) is 2.87. The molecule has 1 fully saturated rings. The zero-order valence-electron chi connectivity index (χ0n) is 20.5. The molecule has 1 heterocycles. The minimum Gasteiger partial charge on any atom is -0.493 e. The Balaban J connectivity index is 1.54. The van der Waals surface area contributed by atoms with Crippen LogP contribution in [0.3, 0.4) is 0 Å². The topological polar surface area (TPSA) is 94.2 Å². The number of hydrogen-bond donors (Lipinski definition) is 1. The zero-order valence-corrected chi connectivity index (χ0v) is 21.2. The number of urea groups is 1. The van der Waals surface area contributed by atoms with Crippen molar-refractivity contribution >= 4 is 41.2 Å². The Kier molecular flexibility index (Phi) is 7.79. The maximum Gasteiger partial charge on any atom is 0.335 e. The normalized spacial score (nSPS) is 14.7. The molecule has 1 aliphatic heterocycles. The van der Waals surface area contributed by atoms with Crippen LogP contribution in [0.25, 0.3) is 6.08 Å². The molecule has 4 amide bonds. The zero-order chi connectivity index (χ0) is 26.5. The molecular weight excluding hydrogens is 496 g/mol. The quantitative estimate of drug-likeness (QED) is 0.316. The molecule has 9 heteroatoms. The van der Waals surface area contributed by atoms with Crippen molar-refractivity contribution in [1.82, 2.24) is 5.32 Å². The average molecular weight is 521 g/mol. The summed E-state index contributed by atoms with van der Waals surface area (Å²) in [7, 11) is 1.50. The number of anilines is 1. The fourth-order valence-electron chi connectivity index (χ4n) is 3.65. The van der Waals surface area contributed by atoms with E-state index in [1.165, 1.54) is 13.2 Å². The maximum atomic E-state index is 13.2. The molecule has 8 nitrogen and oxygen atoms in total. The Morgan fingerprint density at radius 3 is 2.38 bits per heavy atom. The van der Waals surface area contributed by atoms with Gasteiger partial charge >= 0.3 is 6.03 Å². The lowest BCUT2D eigenvalue weighted by atomic mass is 10.1. The van der Waals surface area contributed by atoms with Gasteiger partial charge in [-0.15, -0.1) is 0 Å². The molecule has 37 heavy (non-hydrogen) atoms. The summed E-state index contributed by atoms with van der Waals surface area (Å²) < 4.78 is 16.9. The molecule has 0 atom stereocenters. The number of barbiturate groups is 1. The van der Waals surface area contributed by atoms with Gasteiger partial charge in [0.05, 0.1) is 18.9 Å². The summed E-state index contributed by atoms with van der Waals surface area (Å²) in [5.41, 5.74) is 1.44. The van der Waals surface area contributed by atoms with Crippen LogP contribution in [0.15, 0.2) is 72.3 Å². The summed E-state index contributed by atoms with van der Waals surface area (Å²) in [6.45, 7) is 4.04. The third-order valence-electron chi connectivity index (χ3n) is 5.41. The largest absolute Gasteiger partial charge is 0.493 e. The van der Waals surface area contributed by atoms with Crippen LogP contribution in [0.2, 0.25) is 5.02 Å². The first kappa shape index (κ1) is 25.8. The van der Waals surface area contributed by atoms with Crippen molar-refractivity contribution in [3.8, 4) is 17.2 Å². The highest BCUT2D eigenvalue weighted by Gasteiger charge is 2.36. The van der Waals surface area contributed by atoms with E-state index in [1.54, 1.807) is 48.5 Å². The number of ether oxygens (including phenoxy) is 3. The number of rotatable bonds is 8. The first-order chi connectivity index (χ1) is 17.8. The van der Waals surface area contributed by atoms with Crippen molar-refractivity contribution in [1.29, 1.82) is 0 Å². The minimum atomic E-state index is -0.838. The summed E-state index contributed by atoms with van der Waals surface area (Å²) in [6, 6.07) is 17.9. The number of halogens is 1. The van der Waals surface area contributed by atoms with Crippen LogP contribution in [0.5, 0.6) is 17.2 Å². The minimum absolute atomic E-state index is 0.0590. The molecule has 0 aromatic heterocycles. The van der Waals surface area contributed by atoms with Crippen molar-refractivity contribution in [3.63, 3.8) is 0 Å². The molecular formula is C28H25ClN2O6. The molecule has 0 bridgehead atoms. The first-order valence-electron chi connectivity index (χ1n) is 11.5. The Bertz CT molecular complexity index is 1370. The van der Waals surface area contributed by atoms with E-state index in [-0.39, 0.29) is 24.0 Å². The van der Waals surface area contributed by atoms with E-state index in [4.69, 9.17) is 25.8 Å². The lowest BCUT2D eigenvalue weighted by molar-refractivity contribution is -0.122. The Labute approximate surface area is 219 Å². The molecule has 1 saturated heterocycles. The number of imide groups is 2. The van der Waals surface area contributed by atoms with Crippen LogP contribution < -0.4 is 24.4 Å². The van der Waals surface area contributed by atoms with E-state index >= 15 is 0 Å². The van der Waals surface area contributed by atoms with E-state index < -0.39 is 17.8 Å². The standard InChI is InChI=1S/C28H25ClN2O6/c1-17(2)37-24-13-8-18(15-25(24)35-3)14-22-26(32)30-28(34)31(27(22)33)20-9-11-21(12-10-20)36-16-19-6-4-5-7-23(19)29/h4-15,17H,16H2,1-3H3,(H,30,32,34)/b22-14+. The summed E-state index contributed by atoms with van der Waals surface area (Å²) in [5.74, 6) is -0.0247. The van der Waals surface area contributed by atoms with Gasteiger partial charge in [0, 0.05) is 10.6 Å². The molecule has 4 rings (SSSR count). The van der Waals surface area contributed by atoms with Crippen molar-refractivity contribution in [3.05, 3.63) is 88.5 Å². The van der Waals surface area contributed by atoms with Gasteiger partial charge in [0.1, 0.15) is 17.9 Å². The van der Waals surface area contributed by atoms with Gasteiger partial charge in [-0.05, 0) is 68.0 Å². The number of methoxy groups -OCH3 is 1. The van der Waals surface area contributed by atoms with Gasteiger partial charge in [0.15, 0.2) is 11.5 Å². The van der Waals surface area contributed by atoms with Crippen LogP contribution in [0.1, 0.15) is 25.0 Å². The molecule has 3 aromatic rings. The number of benzene rings is 3. The lowest BCUT2D eigenvalue weighted by Gasteiger charge is -2.26. The van der Waals surface area contributed by atoms with Crippen LogP contribution in [-0.2, 0) is 16.2 Å². The second kappa shape index (κ2) is 11.2. The van der Waals surface area contributed by atoms with Crippen LogP contribution in [0, 0.1) is 0 Å². The molecule has 0 unspecified atom stereocenters. The van der Waals surface area contributed by atoms with Crippen LogP contribution in [-0.4, -0.2) is 31.1 Å². The van der Waals surface area contributed by atoms with E-state index in [1.807, 2.05) is 32.0 Å². The summed E-state index contributed by atoms with van der Waals surface area (Å²) in [6.07, 6.45) is 1.34. The van der Waals surface area contributed by atoms with Gasteiger partial charge in [-0.3, -0.25) is 14.9 Å². The summed E-state index contributed by atoms with van der Waals surface area (Å²) in [4.78, 5) is 39.2. The van der Waals surface area contributed by atoms with E-state index in [2.05, 4.69) is 5.32 Å².